The Morgan fingerprint density at radius 3 is 2.77 bits per heavy atom. The van der Waals surface area contributed by atoms with Crippen molar-refractivity contribution in [3.8, 4) is 5.75 Å². The monoisotopic (exact) mass is 373 g/mol. The molecule has 138 valence electrons. The predicted molar refractivity (Wildman–Crippen MR) is 108 cm³/mol. The largest absolute Gasteiger partial charge is 0.493 e. The zero-order valence-electron chi connectivity index (χ0n) is 14.9. The highest BCUT2D eigenvalue weighted by Gasteiger charge is 2.01. The molecule has 2 rings (SSSR count). The van der Waals surface area contributed by atoms with Gasteiger partial charge in [-0.3, -0.25) is 0 Å². The number of hydrogen-bond acceptors (Lipinski definition) is 4. The van der Waals surface area contributed by atoms with Gasteiger partial charge in [-0.1, -0.05) is 61.9 Å². The minimum atomic E-state index is -0.366. The molecule has 0 amide bonds. The molecule has 0 aliphatic carbocycles. The van der Waals surface area contributed by atoms with Gasteiger partial charge in [0.1, 0.15) is 11.6 Å². The Morgan fingerprint density at radius 2 is 2.00 bits per heavy atom. The normalized spacial score (nSPS) is 11.8. The van der Waals surface area contributed by atoms with Crippen molar-refractivity contribution in [2.75, 3.05) is 6.61 Å². The molecule has 0 bridgehead atoms. The summed E-state index contributed by atoms with van der Waals surface area (Å²) in [5, 5.41) is 8.24. The lowest BCUT2D eigenvalue weighted by Crippen LogP contribution is -2.06. The molecule has 4 nitrogen and oxygen atoms in total. The quantitative estimate of drug-likeness (QED) is 0.292. The van der Waals surface area contributed by atoms with Crippen molar-refractivity contribution in [3.05, 3.63) is 65.5 Å². The van der Waals surface area contributed by atoms with Gasteiger partial charge in [0.25, 0.3) is 0 Å². The molecule has 2 N–H and O–H groups in total. The highest BCUT2D eigenvalue weighted by atomic mass is 32.2. The first-order valence-corrected chi connectivity index (χ1v) is 9.62. The van der Waals surface area contributed by atoms with Gasteiger partial charge in [0.05, 0.1) is 12.8 Å². The van der Waals surface area contributed by atoms with Crippen LogP contribution >= 0.6 is 11.8 Å². The third-order valence-corrected chi connectivity index (χ3v) is 4.36. The number of halogens is 1. The van der Waals surface area contributed by atoms with E-state index >= 15 is 0 Å². The molecule has 26 heavy (non-hydrogen) atoms. The first kappa shape index (κ1) is 20.0. The van der Waals surface area contributed by atoms with Gasteiger partial charge in [-0.15, -0.1) is 5.10 Å². The maximum atomic E-state index is 13.7. The van der Waals surface area contributed by atoms with Crippen molar-refractivity contribution in [2.24, 2.45) is 15.9 Å². The van der Waals surface area contributed by atoms with Crippen LogP contribution in [0.5, 0.6) is 5.75 Å². The lowest BCUT2D eigenvalue weighted by molar-refractivity contribution is 0.305. The fourth-order valence-electron chi connectivity index (χ4n) is 2.20. The summed E-state index contributed by atoms with van der Waals surface area (Å²) in [6.45, 7) is 2.70. The number of amidine groups is 1. The first-order valence-electron chi connectivity index (χ1n) is 8.64. The van der Waals surface area contributed by atoms with Crippen LogP contribution in [0.3, 0.4) is 0 Å². The molecule has 6 heteroatoms. The molecule has 0 saturated carbocycles. The van der Waals surface area contributed by atoms with E-state index in [0.29, 0.717) is 23.1 Å². The van der Waals surface area contributed by atoms with Crippen molar-refractivity contribution in [1.82, 2.24) is 0 Å². The van der Waals surface area contributed by atoms with Gasteiger partial charge in [-0.2, -0.15) is 5.10 Å². The van der Waals surface area contributed by atoms with E-state index in [9.17, 15) is 4.39 Å². The molecule has 0 aliphatic rings. The van der Waals surface area contributed by atoms with Crippen LogP contribution in [0.2, 0.25) is 0 Å². The molecular formula is C20H24FN3OS. The Kier molecular flexibility index (Phi) is 8.69. The second-order valence-electron chi connectivity index (χ2n) is 5.73. The van der Waals surface area contributed by atoms with Crippen molar-refractivity contribution < 1.29 is 9.13 Å². The van der Waals surface area contributed by atoms with E-state index in [1.165, 1.54) is 30.1 Å². The number of nitrogens with zero attached hydrogens (tertiary/aromatic N) is 2. The Morgan fingerprint density at radius 1 is 1.19 bits per heavy atom. The van der Waals surface area contributed by atoms with Gasteiger partial charge < -0.3 is 10.5 Å². The number of unbranched alkanes of at least 4 members (excludes halogenated alkanes) is 2. The van der Waals surface area contributed by atoms with E-state index in [4.69, 9.17) is 10.5 Å². The SMILES string of the molecule is CCCCCOc1cc(F)cc(C=NN=C(N)SCc2ccccc2)c1. The number of rotatable bonds is 9. The van der Waals surface area contributed by atoms with E-state index in [2.05, 4.69) is 17.1 Å². The molecule has 2 aromatic carbocycles. The lowest BCUT2D eigenvalue weighted by atomic mass is 10.2. The molecule has 0 aromatic heterocycles. The molecule has 0 heterocycles. The van der Waals surface area contributed by atoms with Gasteiger partial charge in [-0.25, -0.2) is 4.39 Å². The van der Waals surface area contributed by atoms with Crippen molar-refractivity contribution in [2.45, 2.75) is 31.9 Å². The summed E-state index contributed by atoms with van der Waals surface area (Å²) in [5.41, 5.74) is 7.59. The molecular weight excluding hydrogens is 349 g/mol. The maximum Gasteiger partial charge on any atom is 0.180 e. The molecule has 0 spiro atoms. The highest BCUT2D eigenvalue weighted by molar-refractivity contribution is 8.13. The second-order valence-corrected chi connectivity index (χ2v) is 6.73. The van der Waals surface area contributed by atoms with E-state index in [1.807, 2.05) is 30.3 Å². The van der Waals surface area contributed by atoms with Crippen LogP contribution in [0, 0.1) is 5.82 Å². The third kappa shape index (κ3) is 7.70. The summed E-state index contributed by atoms with van der Waals surface area (Å²) in [5.74, 6) is 0.856. The second kappa shape index (κ2) is 11.3. The Labute approximate surface area is 158 Å². The number of hydrogen-bond donors (Lipinski definition) is 1. The Bertz CT molecular complexity index is 735. The number of ether oxygens (including phenoxy) is 1. The smallest absolute Gasteiger partial charge is 0.180 e. The molecule has 0 fully saturated rings. The summed E-state index contributed by atoms with van der Waals surface area (Å²) in [6, 6.07) is 14.5. The van der Waals surface area contributed by atoms with Crippen LogP contribution in [0.1, 0.15) is 37.3 Å². The van der Waals surface area contributed by atoms with Crippen LogP contribution in [0.15, 0.2) is 58.7 Å². The average Bonchev–Trinajstić information content (AvgIpc) is 2.64. The zero-order valence-corrected chi connectivity index (χ0v) is 15.7. The van der Waals surface area contributed by atoms with Crippen LogP contribution in [0.4, 0.5) is 4.39 Å². The zero-order chi connectivity index (χ0) is 18.6. The molecule has 0 radical (unpaired) electrons. The van der Waals surface area contributed by atoms with Gasteiger partial charge in [0.15, 0.2) is 5.17 Å². The third-order valence-electron chi connectivity index (χ3n) is 3.50. The average molecular weight is 373 g/mol. The summed E-state index contributed by atoms with van der Waals surface area (Å²) in [6.07, 6.45) is 4.64. The fourth-order valence-corrected chi connectivity index (χ4v) is 2.81. The van der Waals surface area contributed by atoms with E-state index in [1.54, 1.807) is 6.07 Å². The highest BCUT2D eigenvalue weighted by Crippen LogP contribution is 2.16. The number of thioether (sulfide) groups is 1. The fraction of sp³-hybridized carbons (Fsp3) is 0.300. The Balaban J connectivity index is 1.88. The summed E-state index contributed by atoms with van der Waals surface area (Å²) in [4.78, 5) is 0. The van der Waals surface area contributed by atoms with E-state index < -0.39 is 0 Å². The van der Waals surface area contributed by atoms with Crippen LogP contribution in [0.25, 0.3) is 0 Å². The number of nitrogens with two attached hydrogens (primary N) is 1. The molecule has 2 aromatic rings. The minimum Gasteiger partial charge on any atom is -0.493 e. The van der Waals surface area contributed by atoms with Crippen molar-refractivity contribution in [3.63, 3.8) is 0 Å². The molecule has 0 aliphatic heterocycles. The van der Waals surface area contributed by atoms with E-state index in [0.717, 1.165) is 30.6 Å². The number of benzene rings is 2. The first-order chi connectivity index (χ1) is 12.7. The topological polar surface area (TPSA) is 60.0 Å². The summed E-state index contributed by atoms with van der Waals surface area (Å²) in [7, 11) is 0. The Hall–Kier alpha value is -2.34. The maximum absolute atomic E-state index is 13.7. The minimum absolute atomic E-state index is 0.359. The van der Waals surface area contributed by atoms with Crippen LogP contribution in [-0.4, -0.2) is 18.0 Å². The standard InChI is InChI=1S/C20H24FN3OS/c1-2-3-7-10-25-19-12-17(11-18(21)13-19)14-23-24-20(22)26-15-16-8-5-4-6-9-16/h4-6,8-9,11-14H,2-3,7,10,15H2,1H3,(H2,22,24). The van der Waals surface area contributed by atoms with Crippen LogP contribution in [-0.2, 0) is 5.75 Å². The predicted octanol–water partition coefficient (Wildman–Crippen LogP) is 4.98. The van der Waals surface area contributed by atoms with Crippen molar-refractivity contribution >= 4 is 23.1 Å². The summed E-state index contributed by atoms with van der Waals surface area (Å²) < 4.78 is 19.3. The van der Waals surface area contributed by atoms with Gasteiger partial charge in [0, 0.05) is 17.4 Å². The van der Waals surface area contributed by atoms with E-state index in [-0.39, 0.29) is 5.82 Å². The van der Waals surface area contributed by atoms with Gasteiger partial charge in [-0.05, 0) is 24.1 Å². The van der Waals surface area contributed by atoms with Gasteiger partial charge >= 0.3 is 0 Å². The van der Waals surface area contributed by atoms with Crippen molar-refractivity contribution in [1.29, 1.82) is 0 Å². The summed E-state index contributed by atoms with van der Waals surface area (Å²) >= 11 is 1.40. The molecule has 0 saturated heterocycles. The van der Waals surface area contributed by atoms with Crippen LogP contribution < -0.4 is 10.5 Å². The molecule has 0 unspecified atom stereocenters. The molecule has 0 atom stereocenters. The van der Waals surface area contributed by atoms with Gasteiger partial charge in [0.2, 0.25) is 0 Å². The lowest BCUT2D eigenvalue weighted by Gasteiger charge is -2.06.